The summed E-state index contributed by atoms with van der Waals surface area (Å²) in [6, 6.07) is 0. The number of carbonyl (C=O) groups excluding carboxylic acids is 5. The third kappa shape index (κ3) is 8.71. The average molecular weight is 434 g/mol. The molecule has 1 saturated heterocycles. The van der Waals surface area contributed by atoms with Gasteiger partial charge in [0.2, 0.25) is 0 Å². The molecular formula is C18H26O10S. The highest BCUT2D eigenvalue weighted by molar-refractivity contribution is 8.01. The summed E-state index contributed by atoms with van der Waals surface area (Å²) in [7, 11) is 0. The summed E-state index contributed by atoms with van der Waals surface area (Å²) < 4.78 is 26.0. The van der Waals surface area contributed by atoms with Crippen LogP contribution in [0.2, 0.25) is 0 Å². The van der Waals surface area contributed by atoms with Crippen molar-refractivity contribution in [3.63, 3.8) is 0 Å². The molecule has 1 aliphatic heterocycles. The molecule has 29 heavy (non-hydrogen) atoms. The first-order valence-electron chi connectivity index (χ1n) is 8.95. The van der Waals surface area contributed by atoms with E-state index in [0.717, 1.165) is 0 Å². The first-order chi connectivity index (χ1) is 13.5. The summed E-state index contributed by atoms with van der Waals surface area (Å²) in [6.07, 6.45) is -2.46. The van der Waals surface area contributed by atoms with Gasteiger partial charge in [-0.3, -0.25) is 24.0 Å². The Kier molecular flexibility index (Phi) is 9.93. The standard InChI is InChI=1S/C18H26O10S/c1-9(19)24-7-6-15-16(27-12(4)22)17(28-13(5)23)18(29-15)14(26-11(3)21)8-25-10(2)20/h14-18H,6-8H2,1-5H3/t14-,15-,16-,17-,18+/m1/s1. The van der Waals surface area contributed by atoms with E-state index in [4.69, 9.17) is 23.7 Å². The molecule has 0 aromatic heterocycles. The molecule has 1 aliphatic rings. The minimum Gasteiger partial charge on any atom is -0.466 e. The highest BCUT2D eigenvalue weighted by Crippen LogP contribution is 2.42. The van der Waals surface area contributed by atoms with Crippen LogP contribution in [0.4, 0.5) is 0 Å². The molecule has 0 N–H and O–H groups in total. The van der Waals surface area contributed by atoms with Crippen LogP contribution in [0.5, 0.6) is 0 Å². The maximum absolute atomic E-state index is 11.7. The second kappa shape index (κ2) is 11.6. The lowest BCUT2D eigenvalue weighted by Crippen LogP contribution is -2.46. The molecule has 0 aromatic rings. The molecule has 164 valence electrons. The maximum atomic E-state index is 11.7. The monoisotopic (exact) mass is 434 g/mol. The van der Waals surface area contributed by atoms with Gasteiger partial charge in [0.05, 0.1) is 11.9 Å². The lowest BCUT2D eigenvalue weighted by molar-refractivity contribution is -0.170. The van der Waals surface area contributed by atoms with E-state index in [1.807, 2.05) is 0 Å². The molecule has 1 rings (SSSR count). The van der Waals surface area contributed by atoms with Gasteiger partial charge in [-0.05, 0) is 6.42 Å². The lowest BCUT2D eigenvalue weighted by atomic mass is 10.0. The topological polar surface area (TPSA) is 132 Å². The van der Waals surface area contributed by atoms with Crippen LogP contribution in [0, 0.1) is 0 Å². The Balaban J connectivity index is 3.14. The van der Waals surface area contributed by atoms with E-state index >= 15 is 0 Å². The first-order valence-corrected chi connectivity index (χ1v) is 9.89. The Bertz CT molecular complexity index is 634. The fourth-order valence-corrected chi connectivity index (χ4v) is 4.55. The Morgan fingerprint density at radius 1 is 0.759 bits per heavy atom. The van der Waals surface area contributed by atoms with E-state index in [1.54, 1.807) is 0 Å². The van der Waals surface area contributed by atoms with Crippen molar-refractivity contribution in [3.8, 4) is 0 Å². The predicted molar refractivity (Wildman–Crippen MR) is 99.7 cm³/mol. The molecule has 0 radical (unpaired) electrons. The molecule has 0 bridgehead atoms. The molecule has 1 heterocycles. The van der Waals surface area contributed by atoms with Crippen LogP contribution in [0.1, 0.15) is 41.0 Å². The smallest absolute Gasteiger partial charge is 0.303 e. The molecule has 0 aliphatic carbocycles. The molecule has 0 aromatic carbocycles. The number of esters is 5. The van der Waals surface area contributed by atoms with Gasteiger partial charge in [-0.1, -0.05) is 0 Å². The van der Waals surface area contributed by atoms with Crippen molar-refractivity contribution in [2.24, 2.45) is 0 Å². The van der Waals surface area contributed by atoms with E-state index in [9.17, 15) is 24.0 Å². The van der Waals surface area contributed by atoms with Crippen LogP contribution >= 0.6 is 11.8 Å². The van der Waals surface area contributed by atoms with Crippen molar-refractivity contribution in [2.45, 2.75) is 69.9 Å². The van der Waals surface area contributed by atoms with Crippen molar-refractivity contribution in [2.75, 3.05) is 13.2 Å². The summed E-state index contributed by atoms with van der Waals surface area (Å²) in [6.45, 7) is 5.90. The minimum atomic E-state index is -0.955. The van der Waals surface area contributed by atoms with E-state index < -0.39 is 58.7 Å². The van der Waals surface area contributed by atoms with Gasteiger partial charge in [0.1, 0.15) is 6.61 Å². The predicted octanol–water partition coefficient (Wildman–Crippen LogP) is 0.782. The molecule has 0 saturated carbocycles. The maximum Gasteiger partial charge on any atom is 0.303 e. The quantitative estimate of drug-likeness (QED) is 0.377. The summed E-state index contributed by atoms with van der Waals surface area (Å²) in [5.74, 6) is -2.85. The van der Waals surface area contributed by atoms with Crippen LogP contribution in [0.25, 0.3) is 0 Å². The number of ether oxygens (including phenoxy) is 5. The zero-order chi connectivity index (χ0) is 22.1. The van der Waals surface area contributed by atoms with E-state index in [2.05, 4.69) is 0 Å². The lowest BCUT2D eigenvalue weighted by Gasteiger charge is -2.28. The highest BCUT2D eigenvalue weighted by Gasteiger charge is 2.52. The van der Waals surface area contributed by atoms with Crippen LogP contribution < -0.4 is 0 Å². The first kappa shape index (κ1) is 24.7. The van der Waals surface area contributed by atoms with Gasteiger partial charge >= 0.3 is 29.8 Å². The number of hydrogen-bond acceptors (Lipinski definition) is 11. The van der Waals surface area contributed by atoms with Crippen molar-refractivity contribution >= 4 is 41.6 Å². The van der Waals surface area contributed by atoms with Gasteiger partial charge in [0.25, 0.3) is 0 Å². The van der Waals surface area contributed by atoms with Crippen LogP contribution in [0.3, 0.4) is 0 Å². The zero-order valence-corrected chi connectivity index (χ0v) is 17.8. The minimum absolute atomic E-state index is 0.0620. The SMILES string of the molecule is CC(=O)OCC[C@H]1S[C@@H]([C@@H](COC(C)=O)OC(C)=O)[C@H](OC(C)=O)[C@@H]1OC(C)=O. The fraction of sp³-hybridized carbons (Fsp3) is 0.722. The molecule has 11 heteroatoms. The molecule has 5 atom stereocenters. The second-order valence-corrected chi connectivity index (χ2v) is 7.79. The van der Waals surface area contributed by atoms with Crippen molar-refractivity contribution in [1.29, 1.82) is 0 Å². The van der Waals surface area contributed by atoms with Crippen molar-refractivity contribution in [1.82, 2.24) is 0 Å². The highest BCUT2D eigenvalue weighted by atomic mass is 32.2. The third-order valence-corrected chi connectivity index (χ3v) is 5.53. The number of carbonyl (C=O) groups is 5. The number of thioether (sulfide) groups is 1. The van der Waals surface area contributed by atoms with Crippen LogP contribution in [-0.4, -0.2) is 71.9 Å². The molecular weight excluding hydrogens is 408 g/mol. The van der Waals surface area contributed by atoms with Crippen molar-refractivity contribution < 1.29 is 47.7 Å². The fourth-order valence-electron chi connectivity index (χ4n) is 2.87. The average Bonchev–Trinajstić information content (AvgIpc) is 2.87. The van der Waals surface area contributed by atoms with Gasteiger partial charge in [0, 0.05) is 39.9 Å². The van der Waals surface area contributed by atoms with Crippen LogP contribution in [0.15, 0.2) is 0 Å². The Morgan fingerprint density at radius 2 is 1.31 bits per heavy atom. The summed E-state index contributed by atoms with van der Waals surface area (Å²) >= 11 is 1.25. The molecule has 0 unspecified atom stereocenters. The van der Waals surface area contributed by atoms with E-state index in [1.165, 1.54) is 46.4 Å². The Labute approximate surface area is 172 Å². The number of rotatable bonds is 9. The van der Waals surface area contributed by atoms with E-state index in [-0.39, 0.29) is 13.2 Å². The molecule has 10 nitrogen and oxygen atoms in total. The molecule has 0 spiro atoms. The Morgan fingerprint density at radius 3 is 1.79 bits per heavy atom. The van der Waals surface area contributed by atoms with E-state index in [0.29, 0.717) is 6.42 Å². The Hall–Kier alpha value is -2.30. The van der Waals surface area contributed by atoms with Gasteiger partial charge in [0.15, 0.2) is 18.3 Å². The summed E-state index contributed by atoms with van der Waals surface area (Å²) in [4.78, 5) is 57.1. The van der Waals surface area contributed by atoms with Gasteiger partial charge in [-0.15, -0.1) is 11.8 Å². The third-order valence-electron chi connectivity index (χ3n) is 3.79. The summed E-state index contributed by atoms with van der Waals surface area (Å²) in [5, 5.41) is -1.09. The largest absolute Gasteiger partial charge is 0.466 e. The molecule has 1 fully saturated rings. The van der Waals surface area contributed by atoms with Gasteiger partial charge < -0.3 is 23.7 Å². The zero-order valence-electron chi connectivity index (χ0n) is 17.0. The van der Waals surface area contributed by atoms with Crippen molar-refractivity contribution in [3.05, 3.63) is 0 Å². The summed E-state index contributed by atoms with van der Waals surface area (Å²) in [5.41, 5.74) is 0. The number of hydrogen-bond donors (Lipinski definition) is 0. The molecule has 0 amide bonds. The normalized spacial score (nSPS) is 24.2. The second-order valence-electron chi connectivity index (χ2n) is 6.37. The van der Waals surface area contributed by atoms with Crippen LogP contribution in [-0.2, 0) is 47.7 Å². The van der Waals surface area contributed by atoms with Gasteiger partial charge in [-0.25, -0.2) is 0 Å². The van der Waals surface area contributed by atoms with Gasteiger partial charge in [-0.2, -0.15) is 0 Å².